The van der Waals surface area contributed by atoms with E-state index in [1.165, 1.54) is 5.56 Å². The van der Waals surface area contributed by atoms with Crippen molar-refractivity contribution in [1.82, 2.24) is 4.98 Å². The van der Waals surface area contributed by atoms with Crippen LogP contribution in [0.15, 0.2) is 66.9 Å². The first-order chi connectivity index (χ1) is 12.1. The van der Waals surface area contributed by atoms with Gasteiger partial charge in [-0.15, -0.1) is 0 Å². The lowest BCUT2D eigenvalue weighted by atomic mass is 10.1. The number of hydrogen-bond acceptors (Lipinski definition) is 3. The summed E-state index contributed by atoms with van der Waals surface area (Å²) in [4.78, 5) is 16.5. The first kappa shape index (κ1) is 16.7. The molecule has 4 nitrogen and oxygen atoms in total. The van der Waals surface area contributed by atoms with E-state index >= 15 is 0 Å². The maximum atomic E-state index is 12.3. The Balaban J connectivity index is 1.60. The van der Waals surface area contributed by atoms with Crippen LogP contribution in [0.25, 0.3) is 0 Å². The smallest absolute Gasteiger partial charge is 0.256 e. The Morgan fingerprint density at radius 3 is 2.40 bits per heavy atom. The van der Waals surface area contributed by atoms with Gasteiger partial charge in [0, 0.05) is 24.0 Å². The van der Waals surface area contributed by atoms with Crippen molar-refractivity contribution in [3.8, 4) is 0 Å². The van der Waals surface area contributed by atoms with E-state index in [4.69, 9.17) is 0 Å². The lowest BCUT2D eigenvalue weighted by Crippen LogP contribution is -2.13. The third-order valence-electron chi connectivity index (χ3n) is 4.00. The fraction of sp³-hybridized carbons (Fsp3) is 0.143. The predicted molar refractivity (Wildman–Crippen MR) is 102 cm³/mol. The standard InChI is InChI=1S/C21H21N3O/c1-15-7-12-20(23-13-15)24-21(25)18-10-8-17(9-11-18)14-22-19-6-4-3-5-16(19)2/h3-13,22H,14H2,1-2H3,(H,23,24,25). The number of aromatic nitrogens is 1. The molecule has 0 fully saturated rings. The molecule has 0 unspecified atom stereocenters. The molecule has 3 aromatic rings. The fourth-order valence-electron chi connectivity index (χ4n) is 2.47. The van der Waals surface area contributed by atoms with Crippen molar-refractivity contribution in [1.29, 1.82) is 0 Å². The highest BCUT2D eigenvalue weighted by atomic mass is 16.1. The number of para-hydroxylation sites is 1. The van der Waals surface area contributed by atoms with Gasteiger partial charge in [-0.1, -0.05) is 36.4 Å². The number of amides is 1. The average molecular weight is 331 g/mol. The van der Waals surface area contributed by atoms with E-state index in [2.05, 4.69) is 34.7 Å². The van der Waals surface area contributed by atoms with Crippen LogP contribution in [0.4, 0.5) is 11.5 Å². The minimum Gasteiger partial charge on any atom is -0.381 e. The van der Waals surface area contributed by atoms with Crippen LogP contribution in [-0.4, -0.2) is 10.9 Å². The van der Waals surface area contributed by atoms with Crippen molar-refractivity contribution in [2.24, 2.45) is 0 Å². The number of carbonyl (C=O) groups excluding carboxylic acids is 1. The summed E-state index contributed by atoms with van der Waals surface area (Å²) in [5, 5.41) is 6.22. The van der Waals surface area contributed by atoms with Gasteiger partial charge in [-0.3, -0.25) is 4.79 Å². The maximum absolute atomic E-state index is 12.3. The number of rotatable bonds is 5. The first-order valence-corrected chi connectivity index (χ1v) is 8.24. The Labute approximate surface area is 147 Å². The van der Waals surface area contributed by atoms with Crippen molar-refractivity contribution in [2.75, 3.05) is 10.6 Å². The Hall–Kier alpha value is -3.14. The van der Waals surface area contributed by atoms with Crippen molar-refractivity contribution in [2.45, 2.75) is 20.4 Å². The number of pyridine rings is 1. The molecule has 0 atom stereocenters. The molecule has 3 rings (SSSR count). The molecular weight excluding hydrogens is 310 g/mol. The van der Waals surface area contributed by atoms with Gasteiger partial charge in [-0.2, -0.15) is 0 Å². The zero-order valence-electron chi connectivity index (χ0n) is 14.4. The summed E-state index contributed by atoms with van der Waals surface area (Å²) >= 11 is 0. The van der Waals surface area contributed by atoms with Crippen molar-refractivity contribution >= 4 is 17.4 Å². The lowest BCUT2D eigenvalue weighted by molar-refractivity contribution is 0.102. The van der Waals surface area contributed by atoms with Gasteiger partial charge in [0.1, 0.15) is 5.82 Å². The molecule has 2 N–H and O–H groups in total. The molecule has 1 aromatic heterocycles. The molecule has 1 heterocycles. The molecule has 1 amide bonds. The zero-order valence-corrected chi connectivity index (χ0v) is 14.4. The summed E-state index contributed by atoms with van der Waals surface area (Å²) in [5.41, 5.74) is 5.12. The summed E-state index contributed by atoms with van der Waals surface area (Å²) in [6.45, 7) is 4.75. The number of hydrogen-bond donors (Lipinski definition) is 2. The van der Waals surface area contributed by atoms with Crippen LogP contribution in [0, 0.1) is 13.8 Å². The van der Waals surface area contributed by atoms with Crippen LogP contribution >= 0.6 is 0 Å². The number of nitrogens with zero attached hydrogens (tertiary/aromatic N) is 1. The molecule has 0 aliphatic heterocycles. The SMILES string of the molecule is Cc1ccc(NC(=O)c2ccc(CNc3ccccc3C)cc2)nc1. The number of anilines is 2. The topological polar surface area (TPSA) is 54.0 Å². The van der Waals surface area contributed by atoms with Crippen molar-refractivity contribution < 1.29 is 4.79 Å². The molecule has 0 aliphatic carbocycles. The highest BCUT2D eigenvalue weighted by molar-refractivity contribution is 6.03. The first-order valence-electron chi connectivity index (χ1n) is 8.24. The van der Waals surface area contributed by atoms with E-state index in [1.54, 1.807) is 12.3 Å². The molecule has 2 aromatic carbocycles. The van der Waals surface area contributed by atoms with E-state index in [0.29, 0.717) is 17.9 Å². The fourth-order valence-corrected chi connectivity index (χ4v) is 2.47. The lowest BCUT2D eigenvalue weighted by Gasteiger charge is -2.10. The van der Waals surface area contributed by atoms with Crippen LogP contribution in [0.2, 0.25) is 0 Å². The summed E-state index contributed by atoms with van der Waals surface area (Å²) in [6.07, 6.45) is 1.73. The molecule has 0 radical (unpaired) electrons. The van der Waals surface area contributed by atoms with Gasteiger partial charge in [-0.05, 0) is 54.8 Å². The minimum atomic E-state index is -0.158. The second-order valence-electron chi connectivity index (χ2n) is 6.04. The van der Waals surface area contributed by atoms with Gasteiger partial charge in [0.15, 0.2) is 0 Å². The minimum absolute atomic E-state index is 0.158. The summed E-state index contributed by atoms with van der Waals surface area (Å²) in [6, 6.07) is 19.5. The van der Waals surface area contributed by atoms with Crippen molar-refractivity contribution in [3.05, 3.63) is 89.1 Å². The number of carbonyl (C=O) groups is 1. The van der Waals surface area contributed by atoms with Gasteiger partial charge >= 0.3 is 0 Å². The molecule has 25 heavy (non-hydrogen) atoms. The van der Waals surface area contributed by atoms with Crippen LogP contribution in [0.5, 0.6) is 0 Å². The summed E-state index contributed by atoms with van der Waals surface area (Å²) in [7, 11) is 0. The zero-order chi connectivity index (χ0) is 17.6. The Morgan fingerprint density at radius 1 is 0.960 bits per heavy atom. The van der Waals surface area contributed by atoms with E-state index in [9.17, 15) is 4.79 Å². The second-order valence-corrected chi connectivity index (χ2v) is 6.04. The number of nitrogens with one attached hydrogen (secondary N) is 2. The maximum Gasteiger partial charge on any atom is 0.256 e. The molecule has 126 valence electrons. The van der Waals surface area contributed by atoms with Crippen LogP contribution in [-0.2, 0) is 6.54 Å². The van der Waals surface area contributed by atoms with Crippen LogP contribution in [0.1, 0.15) is 27.0 Å². The third-order valence-corrected chi connectivity index (χ3v) is 4.00. The monoisotopic (exact) mass is 331 g/mol. The number of aryl methyl sites for hydroxylation is 2. The van der Waals surface area contributed by atoms with Gasteiger partial charge in [0.2, 0.25) is 0 Å². The summed E-state index contributed by atoms with van der Waals surface area (Å²) in [5.74, 6) is 0.399. The van der Waals surface area contributed by atoms with E-state index in [0.717, 1.165) is 16.8 Å². The van der Waals surface area contributed by atoms with Gasteiger partial charge < -0.3 is 10.6 Å². The third kappa shape index (κ3) is 4.44. The Morgan fingerprint density at radius 2 is 1.72 bits per heavy atom. The van der Waals surface area contributed by atoms with Crippen molar-refractivity contribution in [3.63, 3.8) is 0 Å². The largest absolute Gasteiger partial charge is 0.381 e. The van der Waals surface area contributed by atoms with E-state index in [-0.39, 0.29) is 5.91 Å². The highest BCUT2D eigenvalue weighted by Crippen LogP contribution is 2.15. The van der Waals surface area contributed by atoms with Crippen LogP contribution < -0.4 is 10.6 Å². The Kier molecular flexibility index (Phi) is 5.09. The molecule has 0 bridgehead atoms. The van der Waals surface area contributed by atoms with Gasteiger partial charge in [0.25, 0.3) is 5.91 Å². The molecule has 0 saturated heterocycles. The summed E-state index contributed by atoms with van der Waals surface area (Å²) < 4.78 is 0. The average Bonchev–Trinajstić information content (AvgIpc) is 2.63. The molecule has 0 spiro atoms. The van der Waals surface area contributed by atoms with Gasteiger partial charge in [-0.25, -0.2) is 4.98 Å². The van der Waals surface area contributed by atoms with E-state index < -0.39 is 0 Å². The predicted octanol–water partition coefficient (Wildman–Crippen LogP) is 4.56. The Bertz CT molecular complexity index is 855. The molecule has 4 heteroatoms. The van der Waals surface area contributed by atoms with E-state index in [1.807, 2.05) is 49.4 Å². The molecule has 0 aliphatic rings. The second kappa shape index (κ2) is 7.62. The quantitative estimate of drug-likeness (QED) is 0.720. The normalized spacial score (nSPS) is 10.3. The highest BCUT2D eigenvalue weighted by Gasteiger charge is 2.07. The molecule has 0 saturated carbocycles. The van der Waals surface area contributed by atoms with Crippen LogP contribution in [0.3, 0.4) is 0 Å². The van der Waals surface area contributed by atoms with Gasteiger partial charge in [0.05, 0.1) is 0 Å². The molecular formula is C21H21N3O. The number of benzene rings is 2.